The number of aromatic nitrogens is 4. The molecule has 10 nitrogen and oxygen atoms in total. The first-order valence-electron chi connectivity index (χ1n) is 19.6. The van der Waals surface area contributed by atoms with Crippen molar-refractivity contribution in [2.75, 3.05) is 19.9 Å². The van der Waals surface area contributed by atoms with Crippen molar-refractivity contribution >= 4 is 75.5 Å². The SMILES string of the molecule is C.CC(C)(C)[O-].COP(C)(=O)CC(=O)C1CCCCC1.O=C(/C=C(\Cn1ccnc1)c1ccccc1I)C1CCCCC1.O=C(Cn1ccnc1)c1ccccc1I.[K+]. The molecule has 0 bridgehead atoms. The van der Waals surface area contributed by atoms with Crippen LogP contribution in [-0.4, -0.2) is 62.0 Å². The first-order chi connectivity index (χ1) is 27.1. The number of rotatable bonds is 12. The number of benzene rings is 2. The number of ketones is 3. The zero-order valence-electron chi connectivity index (χ0n) is 34.9. The zero-order valence-corrected chi connectivity index (χ0v) is 43.3. The Hall–Kier alpha value is -1.14. The molecule has 318 valence electrons. The Bertz CT molecular complexity index is 1900. The van der Waals surface area contributed by atoms with Crippen LogP contribution in [-0.2, 0) is 31.8 Å². The molecule has 1 unspecified atom stereocenters. The molecular weight excluding hydrogens is 1020 g/mol. The Morgan fingerprint density at radius 2 is 1.24 bits per heavy atom. The summed E-state index contributed by atoms with van der Waals surface area (Å²) in [5.74, 6) is 0.893. The summed E-state index contributed by atoms with van der Waals surface area (Å²) in [7, 11) is -1.23. The summed E-state index contributed by atoms with van der Waals surface area (Å²) in [4.78, 5) is 44.3. The Morgan fingerprint density at radius 1 is 0.797 bits per heavy atom. The van der Waals surface area contributed by atoms with Crippen LogP contribution in [0.5, 0.6) is 0 Å². The van der Waals surface area contributed by atoms with E-state index in [0.717, 1.165) is 58.8 Å². The summed E-state index contributed by atoms with van der Waals surface area (Å²) < 4.78 is 22.4. The zero-order chi connectivity index (χ0) is 41.8. The molecule has 2 aliphatic carbocycles. The molecule has 4 aromatic rings. The molecule has 2 aromatic carbocycles. The van der Waals surface area contributed by atoms with Crippen LogP contribution in [0, 0.1) is 19.0 Å². The van der Waals surface area contributed by atoms with Gasteiger partial charge in [0.05, 0.1) is 25.4 Å². The molecule has 2 aromatic heterocycles. The number of carbonyl (C=O) groups is 3. The maximum Gasteiger partial charge on any atom is 1.00 e. The number of hydrogen-bond acceptors (Lipinski definition) is 8. The van der Waals surface area contributed by atoms with E-state index < -0.39 is 13.0 Å². The van der Waals surface area contributed by atoms with E-state index in [1.54, 1.807) is 56.6 Å². The Morgan fingerprint density at radius 3 is 1.68 bits per heavy atom. The maximum atomic E-state index is 12.7. The molecule has 6 rings (SSSR count). The number of nitrogens with zero attached hydrogens (tertiary/aromatic N) is 4. The summed E-state index contributed by atoms with van der Waals surface area (Å²) in [6.45, 7) is 7.46. The van der Waals surface area contributed by atoms with Gasteiger partial charge >= 0.3 is 51.4 Å². The molecule has 2 saturated carbocycles. The maximum absolute atomic E-state index is 12.7. The number of hydrogen-bond donors (Lipinski definition) is 0. The summed E-state index contributed by atoms with van der Waals surface area (Å²) in [6, 6.07) is 15.8. The molecule has 0 N–H and O–H groups in total. The molecular formula is C45H62I2KN4O6P. The largest absolute Gasteiger partial charge is 1.00 e. The molecule has 2 aliphatic rings. The average molecular weight is 1080 g/mol. The fraction of sp³-hybridized carbons (Fsp3) is 0.489. The van der Waals surface area contributed by atoms with E-state index in [2.05, 4.69) is 67.3 Å². The average Bonchev–Trinajstić information content (AvgIpc) is 3.90. The number of Topliss-reactive ketones (excluding diaryl/α,β-unsaturated/α-hetero) is 2. The molecule has 59 heavy (non-hydrogen) atoms. The van der Waals surface area contributed by atoms with E-state index in [1.807, 2.05) is 53.2 Å². The minimum absolute atomic E-state index is 0. The van der Waals surface area contributed by atoms with Crippen LogP contribution in [0.2, 0.25) is 0 Å². The van der Waals surface area contributed by atoms with Crippen LogP contribution < -0.4 is 56.5 Å². The minimum atomic E-state index is -2.65. The van der Waals surface area contributed by atoms with Crippen LogP contribution in [0.25, 0.3) is 5.57 Å². The summed E-state index contributed by atoms with van der Waals surface area (Å²) in [5, 5.41) is 10.1. The van der Waals surface area contributed by atoms with Gasteiger partial charge in [-0.25, -0.2) is 9.97 Å². The van der Waals surface area contributed by atoms with Crippen LogP contribution in [0.4, 0.5) is 0 Å². The van der Waals surface area contributed by atoms with Crippen molar-refractivity contribution in [3.05, 3.63) is 110 Å². The van der Waals surface area contributed by atoms with Gasteiger partial charge in [-0.05, 0) is 100 Å². The standard InChI is InChI=1S/C19H21IN2O.C11H9IN2O.C10H19O3P.C4H9O.CH4.K/c20-18-9-5-4-8-17(18)16(13-22-11-10-21-14-22)12-19(23)15-6-2-1-3-7-15;12-10-4-2-1-3-9(10)11(15)7-14-6-5-13-8-14;1-13-14(2,12)8-10(11)9-6-4-3-5-7-9;1-4(2,3)5;;/h4-5,8-12,14-15H,1-3,6-7,13H2;1-6,8H,7H2;9H,3-8H2,1-2H3;1-3H3;1H4;/q;;;-1;;+1/b16-12+;;;;;. The smallest absolute Gasteiger partial charge is 0.850 e. The topological polar surface area (TPSA) is 136 Å². The summed E-state index contributed by atoms with van der Waals surface area (Å²) in [5.41, 5.74) is 2.24. The first-order valence-corrected chi connectivity index (χ1v) is 24.0. The van der Waals surface area contributed by atoms with Crippen molar-refractivity contribution in [2.24, 2.45) is 11.8 Å². The normalized spacial score (nSPS) is 15.5. The third kappa shape index (κ3) is 22.7. The number of allylic oxidation sites excluding steroid dienone is 2. The predicted molar refractivity (Wildman–Crippen MR) is 250 cm³/mol. The number of carbonyl (C=O) groups excluding carboxylic acids is 3. The van der Waals surface area contributed by atoms with E-state index in [-0.39, 0.29) is 88.4 Å². The number of imidazole rings is 2. The van der Waals surface area contributed by atoms with Gasteiger partial charge in [-0.15, -0.1) is 5.60 Å². The van der Waals surface area contributed by atoms with Crippen LogP contribution in [0.1, 0.15) is 108 Å². The predicted octanol–water partition coefficient (Wildman–Crippen LogP) is 7.57. The van der Waals surface area contributed by atoms with Crippen molar-refractivity contribution in [2.45, 2.75) is 111 Å². The van der Waals surface area contributed by atoms with E-state index >= 15 is 0 Å². The van der Waals surface area contributed by atoms with Crippen molar-refractivity contribution in [3.8, 4) is 0 Å². The molecule has 0 aliphatic heterocycles. The van der Waals surface area contributed by atoms with Crippen molar-refractivity contribution in [1.29, 1.82) is 0 Å². The second-order valence-electron chi connectivity index (χ2n) is 15.5. The van der Waals surface area contributed by atoms with Gasteiger partial charge in [-0.2, -0.15) is 0 Å². The minimum Gasteiger partial charge on any atom is -0.850 e. The molecule has 2 heterocycles. The fourth-order valence-electron chi connectivity index (χ4n) is 6.40. The van der Waals surface area contributed by atoms with Gasteiger partial charge in [0.25, 0.3) is 0 Å². The molecule has 0 amide bonds. The third-order valence-electron chi connectivity index (χ3n) is 9.41. The van der Waals surface area contributed by atoms with Gasteiger partial charge < -0.3 is 18.8 Å². The van der Waals surface area contributed by atoms with Gasteiger partial charge in [0.2, 0.25) is 7.37 Å². The number of halogens is 2. The third-order valence-corrected chi connectivity index (χ3v) is 12.9. The van der Waals surface area contributed by atoms with E-state index in [4.69, 9.17) is 4.52 Å². The van der Waals surface area contributed by atoms with Crippen molar-refractivity contribution in [3.63, 3.8) is 0 Å². The van der Waals surface area contributed by atoms with Gasteiger partial charge in [-0.3, -0.25) is 18.9 Å². The van der Waals surface area contributed by atoms with Gasteiger partial charge in [0.1, 0.15) is 5.78 Å². The Kier molecular flexibility index (Phi) is 27.7. The molecule has 1 atom stereocenters. The van der Waals surface area contributed by atoms with Crippen LogP contribution in [0.3, 0.4) is 0 Å². The summed E-state index contributed by atoms with van der Waals surface area (Å²) in [6.07, 6.45) is 23.8. The Balaban J connectivity index is 0.000000426. The molecule has 14 heteroatoms. The van der Waals surface area contributed by atoms with Crippen molar-refractivity contribution in [1.82, 2.24) is 19.1 Å². The first kappa shape index (κ1) is 55.9. The van der Waals surface area contributed by atoms with Gasteiger partial charge in [-0.1, -0.05) is 103 Å². The monoisotopic (exact) mass is 1080 g/mol. The van der Waals surface area contributed by atoms with Gasteiger partial charge in [0, 0.05) is 69.6 Å². The second-order valence-corrected chi connectivity index (χ2v) is 20.6. The van der Waals surface area contributed by atoms with Crippen LogP contribution >= 0.6 is 52.6 Å². The molecule has 0 saturated heterocycles. The van der Waals surface area contributed by atoms with Crippen molar-refractivity contribution < 1.29 is 80.0 Å². The molecule has 0 spiro atoms. The van der Waals surface area contributed by atoms with Crippen LogP contribution in [0.15, 0.2) is 92.0 Å². The van der Waals surface area contributed by atoms with E-state index in [0.29, 0.717) is 18.9 Å². The quantitative estimate of drug-likeness (QED) is 0.0467. The summed E-state index contributed by atoms with van der Waals surface area (Å²) >= 11 is 4.51. The second kappa shape index (κ2) is 29.3. The van der Waals surface area contributed by atoms with Gasteiger partial charge in [0.15, 0.2) is 11.6 Å². The molecule has 2 fully saturated rings. The van der Waals surface area contributed by atoms with E-state index in [9.17, 15) is 24.1 Å². The fourth-order valence-corrected chi connectivity index (χ4v) is 8.78. The van der Waals surface area contributed by atoms with E-state index in [1.165, 1.54) is 43.0 Å². The molecule has 0 radical (unpaired) electrons. The Labute approximate surface area is 422 Å².